The Labute approximate surface area is 181 Å². The van der Waals surface area contributed by atoms with Crippen LogP contribution in [-0.2, 0) is 0 Å². The largest absolute Gasteiger partial charge is 0.497 e. The molecule has 8 heteroatoms. The summed E-state index contributed by atoms with van der Waals surface area (Å²) >= 11 is 0. The first-order valence-electron chi connectivity index (χ1n) is 10.3. The number of nitrogens with zero attached hydrogens (tertiary/aromatic N) is 3. The van der Waals surface area contributed by atoms with E-state index >= 15 is 0 Å². The highest BCUT2D eigenvalue weighted by Crippen LogP contribution is 2.25. The van der Waals surface area contributed by atoms with Crippen molar-refractivity contribution in [3.8, 4) is 22.7 Å². The van der Waals surface area contributed by atoms with Crippen molar-refractivity contribution in [3.63, 3.8) is 0 Å². The zero-order valence-electron chi connectivity index (χ0n) is 17.7. The van der Waals surface area contributed by atoms with E-state index < -0.39 is 4.92 Å². The monoisotopic (exact) mass is 422 g/mol. The summed E-state index contributed by atoms with van der Waals surface area (Å²) in [7, 11) is 1.60. The lowest BCUT2D eigenvalue weighted by Crippen LogP contribution is -2.26. The van der Waals surface area contributed by atoms with Crippen molar-refractivity contribution in [2.75, 3.05) is 13.7 Å². The Morgan fingerprint density at radius 1 is 1.10 bits per heavy atom. The molecule has 1 amide bonds. The molecule has 0 atom stereocenters. The van der Waals surface area contributed by atoms with E-state index in [9.17, 15) is 14.9 Å². The Balaban J connectivity index is 1.91. The Bertz CT molecular complexity index is 1030. The molecule has 0 spiro atoms. The van der Waals surface area contributed by atoms with Crippen molar-refractivity contribution in [2.45, 2.75) is 32.6 Å². The van der Waals surface area contributed by atoms with Gasteiger partial charge in [0.05, 0.1) is 23.4 Å². The Morgan fingerprint density at radius 3 is 2.42 bits per heavy atom. The average Bonchev–Trinajstić information content (AvgIpc) is 3.24. The van der Waals surface area contributed by atoms with Crippen LogP contribution in [0.4, 0.5) is 5.69 Å². The molecule has 0 saturated carbocycles. The van der Waals surface area contributed by atoms with Crippen LogP contribution in [0.15, 0.2) is 54.6 Å². The Hall–Kier alpha value is -3.68. The second kappa shape index (κ2) is 10.4. The SMILES string of the molecule is CCCCCCNC(=O)c1cc(-c2ccc(OC)cc2)nn1-c1ccc([N+](=O)[O-])cc1. The summed E-state index contributed by atoms with van der Waals surface area (Å²) in [5.41, 5.74) is 2.38. The highest BCUT2D eigenvalue weighted by atomic mass is 16.6. The molecule has 162 valence electrons. The molecule has 0 radical (unpaired) electrons. The number of ether oxygens (including phenoxy) is 1. The number of aromatic nitrogens is 2. The normalized spacial score (nSPS) is 10.6. The van der Waals surface area contributed by atoms with Gasteiger partial charge in [-0.2, -0.15) is 5.10 Å². The van der Waals surface area contributed by atoms with Crippen LogP contribution >= 0.6 is 0 Å². The lowest BCUT2D eigenvalue weighted by Gasteiger charge is -2.08. The highest BCUT2D eigenvalue weighted by Gasteiger charge is 2.18. The van der Waals surface area contributed by atoms with Gasteiger partial charge in [0, 0.05) is 24.2 Å². The molecule has 0 aliphatic carbocycles. The second-order valence-electron chi connectivity index (χ2n) is 7.15. The van der Waals surface area contributed by atoms with Gasteiger partial charge in [0.25, 0.3) is 11.6 Å². The van der Waals surface area contributed by atoms with E-state index in [1.54, 1.807) is 25.3 Å². The summed E-state index contributed by atoms with van der Waals surface area (Å²) in [6.45, 7) is 2.73. The van der Waals surface area contributed by atoms with Gasteiger partial charge in [-0.3, -0.25) is 14.9 Å². The minimum absolute atomic E-state index is 0.0202. The molecule has 8 nitrogen and oxygen atoms in total. The minimum Gasteiger partial charge on any atom is -0.497 e. The van der Waals surface area contributed by atoms with Gasteiger partial charge in [-0.25, -0.2) is 4.68 Å². The lowest BCUT2D eigenvalue weighted by molar-refractivity contribution is -0.384. The zero-order valence-corrected chi connectivity index (χ0v) is 17.7. The molecule has 1 heterocycles. The number of hydrogen-bond acceptors (Lipinski definition) is 5. The molecule has 0 aliphatic heterocycles. The molecule has 1 aromatic heterocycles. The summed E-state index contributed by atoms with van der Waals surface area (Å²) in [4.78, 5) is 23.4. The van der Waals surface area contributed by atoms with Gasteiger partial charge in [-0.05, 0) is 48.9 Å². The first-order chi connectivity index (χ1) is 15.0. The van der Waals surface area contributed by atoms with Gasteiger partial charge in [0.1, 0.15) is 11.4 Å². The third-order valence-corrected chi connectivity index (χ3v) is 4.95. The second-order valence-corrected chi connectivity index (χ2v) is 7.15. The van der Waals surface area contributed by atoms with Crippen molar-refractivity contribution in [2.24, 2.45) is 0 Å². The number of benzene rings is 2. The first kappa shape index (κ1) is 22.0. The smallest absolute Gasteiger partial charge is 0.270 e. The fraction of sp³-hybridized carbons (Fsp3) is 0.304. The van der Waals surface area contributed by atoms with Crippen LogP contribution in [0.5, 0.6) is 5.75 Å². The topological polar surface area (TPSA) is 99.3 Å². The number of unbranched alkanes of at least 4 members (excludes halogenated alkanes) is 3. The van der Waals surface area contributed by atoms with E-state index in [0.717, 1.165) is 37.0 Å². The number of hydrogen-bond donors (Lipinski definition) is 1. The summed E-state index contributed by atoms with van der Waals surface area (Å²) in [5.74, 6) is 0.491. The summed E-state index contributed by atoms with van der Waals surface area (Å²) in [6, 6.07) is 15.1. The number of rotatable bonds is 10. The van der Waals surface area contributed by atoms with Crippen molar-refractivity contribution >= 4 is 11.6 Å². The molecule has 0 fully saturated rings. The van der Waals surface area contributed by atoms with E-state index in [-0.39, 0.29) is 11.6 Å². The first-order valence-corrected chi connectivity index (χ1v) is 10.3. The maximum atomic E-state index is 12.9. The summed E-state index contributed by atoms with van der Waals surface area (Å²) in [6.07, 6.45) is 4.25. The van der Waals surface area contributed by atoms with Gasteiger partial charge in [0.15, 0.2) is 0 Å². The predicted molar refractivity (Wildman–Crippen MR) is 119 cm³/mol. The molecule has 1 N–H and O–H groups in total. The van der Waals surface area contributed by atoms with Gasteiger partial charge in [0.2, 0.25) is 0 Å². The van der Waals surface area contributed by atoms with Crippen molar-refractivity contribution in [1.29, 1.82) is 0 Å². The van der Waals surface area contributed by atoms with Gasteiger partial charge >= 0.3 is 0 Å². The average molecular weight is 422 g/mol. The molecule has 2 aromatic carbocycles. The molecule has 3 rings (SSSR count). The minimum atomic E-state index is -0.459. The molecule has 0 bridgehead atoms. The molecule has 31 heavy (non-hydrogen) atoms. The number of methoxy groups -OCH3 is 1. The van der Waals surface area contributed by atoms with E-state index in [4.69, 9.17) is 4.74 Å². The van der Waals surface area contributed by atoms with Crippen LogP contribution in [-0.4, -0.2) is 34.3 Å². The Morgan fingerprint density at radius 2 is 1.81 bits per heavy atom. The fourth-order valence-electron chi connectivity index (χ4n) is 3.20. The number of amides is 1. The molecule has 0 saturated heterocycles. The third-order valence-electron chi connectivity index (χ3n) is 4.95. The molecule has 0 unspecified atom stereocenters. The van der Waals surface area contributed by atoms with Crippen molar-refractivity contribution in [3.05, 3.63) is 70.4 Å². The van der Waals surface area contributed by atoms with Crippen molar-refractivity contribution in [1.82, 2.24) is 15.1 Å². The maximum Gasteiger partial charge on any atom is 0.270 e. The van der Waals surface area contributed by atoms with Crippen molar-refractivity contribution < 1.29 is 14.5 Å². The standard InChI is InChI=1S/C23H26N4O4/c1-3-4-5-6-15-24-23(28)22-16-21(17-7-13-20(31-2)14-8-17)25-26(22)18-9-11-19(12-10-18)27(29)30/h7-14,16H,3-6,15H2,1-2H3,(H,24,28). The predicted octanol–water partition coefficient (Wildman–Crippen LogP) is 4.77. The van der Waals surface area contributed by atoms with E-state index in [0.29, 0.717) is 23.6 Å². The number of carbonyl (C=O) groups excluding carboxylic acids is 1. The van der Waals surface area contributed by atoms with Crippen LogP contribution in [0.25, 0.3) is 16.9 Å². The quantitative estimate of drug-likeness (QED) is 0.288. The Kier molecular flexibility index (Phi) is 7.37. The van der Waals surface area contributed by atoms with Crippen LogP contribution in [0, 0.1) is 10.1 Å². The molecular formula is C23H26N4O4. The lowest BCUT2D eigenvalue weighted by atomic mass is 10.1. The fourth-order valence-corrected chi connectivity index (χ4v) is 3.20. The molecule has 3 aromatic rings. The third kappa shape index (κ3) is 5.48. The molecule has 0 aliphatic rings. The maximum absolute atomic E-state index is 12.9. The van der Waals surface area contributed by atoms with Gasteiger partial charge in [-0.1, -0.05) is 26.2 Å². The number of carbonyl (C=O) groups is 1. The van der Waals surface area contributed by atoms with Gasteiger partial charge in [-0.15, -0.1) is 0 Å². The molecular weight excluding hydrogens is 396 g/mol. The number of non-ortho nitro benzene ring substituents is 1. The van der Waals surface area contributed by atoms with Crippen LogP contribution < -0.4 is 10.1 Å². The number of nitrogens with one attached hydrogen (secondary N) is 1. The van der Waals surface area contributed by atoms with Gasteiger partial charge < -0.3 is 10.1 Å². The zero-order chi connectivity index (χ0) is 22.2. The number of nitro groups is 1. The summed E-state index contributed by atoms with van der Waals surface area (Å²) < 4.78 is 6.72. The van der Waals surface area contributed by atoms with Crippen LogP contribution in [0.1, 0.15) is 43.1 Å². The number of nitro benzene ring substituents is 1. The van der Waals surface area contributed by atoms with E-state index in [1.807, 2.05) is 24.3 Å². The van der Waals surface area contributed by atoms with E-state index in [1.165, 1.54) is 16.8 Å². The highest BCUT2D eigenvalue weighted by molar-refractivity contribution is 5.94. The van der Waals surface area contributed by atoms with E-state index in [2.05, 4.69) is 17.3 Å². The van der Waals surface area contributed by atoms with Crippen LogP contribution in [0.2, 0.25) is 0 Å². The summed E-state index contributed by atoms with van der Waals surface area (Å²) in [5, 5.41) is 18.5. The van der Waals surface area contributed by atoms with Crippen LogP contribution in [0.3, 0.4) is 0 Å².